The average molecular weight is 290 g/mol. The molecule has 1 aliphatic rings. The summed E-state index contributed by atoms with van der Waals surface area (Å²) < 4.78 is 5.88. The number of nitrogens with zero attached hydrogens (tertiary/aromatic N) is 1. The number of hydrogen-bond donors (Lipinski definition) is 1. The summed E-state index contributed by atoms with van der Waals surface area (Å²) in [6.07, 6.45) is 2.43. The summed E-state index contributed by atoms with van der Waals surface area (Å²) in [5, 5.41) is 3.69. The summed E-state index contributed by atoms with van der Waals surface area (Å²) in [6.45, 7) is 11.0. The molecular formula is C18H30N2O. The number of para-hydroxylation sites is 1. The highest BCUT2D eigenvalue weighted by molar-refractivity contribution is 5.20. The summed E-state index contributed by atoms with van der Waals surface area (Å²) in [7, 11) is 0. The van der Waals surface area contributed by atoms with Gasteiger partial charge in [-0.25, -0.2) is 0 Å². The zero-order valence-electron chi connectivity index (χ0n) is 13.7. The van der Waals surface area contributed by atoms with Crippen LogP contribution in [0.25, 0.3) is 0 Å². The second-order valence-corrected chi connectivity index (χ2v) is 6.12. The predicted octanol–water partition coefficient (Wildman–Crippen LogP) is 3.16. The molecule has 2 rings (SSSR count). The third-order valence-electron chi connectivity index (χ3n) is 4.72. The molecule has 0 aromatic heterocycles. The van der Waals surface area contributed by atoms with Crippen molar-refractivity contribution in [2.24, 2.45) is 5.92 Å². The van der Waals surface area contributed by atoms with Crippen molar-refractivity contribution in [1.82, 2.24) is 10.2 Å². The van der Waals surface area contributed by atoms with E-state index in [-0.39, 0.29) is 0 Å². The van der Waals surface area contributed by atoms with E-state index in [1.165, 1.54) is 12.8 Å². The molecule has 1 fully saturated rings. The average Bonchev–Trinajstić information content (AvgIpc) is 2.55. The SMILES string of the molecule is CCC1CN(CCOc2ccccc2)C(C(C)CC)CN1. The first-order valence-electron chi connectivity index (χ1n) is 8.39. The minimum absolute atomic E-state index is 0.627. The standard InChI is InChI=1S/C18H30N2O/c1-4-15(3)18-13-19-16(5-2)14-20(18)11-12-21-17-9-7-6-8-10-17/h6-10,15-16,18-19H,4-5,11-14H2,1-3H3. The monoisotopic (exact) mass is 290 g/mol. The fourth-order valence-corrected chi connectivity index (χ4v) is 3.06. The minimum Gasteiger partial charge on any atom is -0.492 e. The lowest BCUT2D eigenvalue weighted by Gasteiger charge is -2.42. The van der Waals surface area contributed by atoms with Crippen LogP contribution in [0.2, 0.25) is 0 Å². The Morgan fingerprint density at radius 3 is 2.71 bits per heavy atom. The van der Waals surface area contributed by atoms with Crippen LogP contribution in [0.5, 0.6) is 5.75 Å². The van der Waals surface area contributed by atoms with Gasteiger partial charge in [0.25, 0.3) is 0 Å². The molecule has 21 heavy (non-hydrogen) atoms. The van der Waals surface area contributed by atoms with E-state index in [9.17, 15) is 0 Å². The Bertz CT molecular complexity index is 395. The van der Waals surface area contributed by atoms with Gasteiger partial charge >= 0.3 is 0 Å². The lowest BCUT2D eigenvalue weighted by Crippen LogP contribution is -2.59. The lowest BCUT2D eigenvalue weighted by atomic mass is 9.94. The first-order valence-corrected chi connectivity index (χ1v) is 8.39. The third-order valence-corrected chi connectivity index (χ3v) is 4.72. The van der Waals surface area contributed by atoms with Crippen molar-refractivity contribution in [2.45, 2.75) is 45.7 Å². The van der Waals surface area contributed by atoms with Crippen molar-refractivity contribution in [3.05, 3.63) is 30.3 Å². The summed E-state index contributed by atoms with van der Waals surface area (Å²) in [6, 6.07) is 11.4. The molecule has 0 saturated carbocycles. The summed E-state index contributed by atoms with van der Waals surface area (Å²) in [5.74, 6) is 1.70. The normalized spacial score (nSPS) is 24.7. The zero-order valence-corrected chi connectivity index (χ0v) is 13.7. The van der Waals surface area contributed by atoms with E-state index in [0.717, 1.165) is 37.9 Å². The van der Waals surface area contributed by atoms with Crippen LogP contribution in [0.1, 0.15) is 33.6 Å². The van der Waals surface area contributed by atoms with Gasteiger partial charge in [-0.05, 0) is 24.5 Å². The molecular weight excluding hydrogens is 260 g/mol. The maximum atomic E-state index is 5.88. The third kappa shape index (κ3) is 4.72. The van der Waals surface area contributed by atoms with Gasteiger partial charge in [0.1, 0.15) is 12.4 Å². The van der Waals surface area contributed by atoms with Crippen molar-refractivity contribution in [1.29, 1.82) is 0 Å². The number of rotatable bonds is 7. The van der Waals surface area contributed by atoms with Crippen LogP contribution in [-0.2, 0) is 0 Å². The van der Waals surface area contributed by atoms with Crippen molar-refractivity contribution < 1.29 is 4.74 Å². The Hall–Kier alpha value is -1.06. The second-order valence-electron chi connectivity index (χ2n) is 6.12. The molecule has 0 spiro atoms. The van der Waals surface area contributed by atoms with E-state index >= 15 is 0 Å². The highest BCUT2D eigenvalue weighted by Gasteiger charge is 2.29. The van der Waals surface area contributed by atoms with Crippen LogP contribution in [0.15, 0.2) is 30.3 Å². The van der Waals surface area contributed by atoms with Crippen LogP contribution in [0.4, 0.5) is 0 Å². The predicted molar refractivity (Wildman–Crippen MR) is 88.8 cm³/mol. The van der Waals surface area contributed by atoms with Crippen LogP contribution in [0.3, 0.4) is 0 Å². The Morgan fingerprint density at radius 2 is 2.05 bits per heavy atom. The van der Waals surface area contributed by atoms with Gasteiger partial charge in [0.2, 0.25) is 0 Å². The van der Waals surface area contributed by atoms with Crippen LogP contribution in [0, 0.1) is 5.92 Å². The molecule has 1 aromatic carbocycles. The van der Waals surface area contributed by atoms with E-state index in [1.54, 1.807) is 0 Å². The minimum atomic E-state index is 0.627. The Balaban J connectivity index is 1.86. The van der Waals surface area contributed by atoms with Crippen molar-refractivity contribution >= 4 is 0 Å². The van der Waals surface area contributed by atoms with E-state index in [4.69, 9.17) is 4.74 Å². The van der Waals surface area contributed by atoms with Gasteiger partial charge < -0.3 is 10.1 Å². The van der Waals surface area contributed by atoms with Gasteiger partial charge in [0, 0.05) is 31.7 Å². The topological polar surface area (TPSA) is 24.5 Å². The summed E-state index contributed by atoms with van der Waals surface area (Å²) in [4.78, 5) is 2.63. The Labute approximate surface area is 129 Å². The molecule has 3 atom stereocenters. The number of piperazine rings is 1. The molecule has 3 heteroatoms. The fourth-order valence-electron chi connectivity index (χ4n) is 3.06. The summed E-state index contributed by atoms with van der Waals surface area (Å²) in [5.41, 5.74) is 0. The largest absolute Gasteiger partial charge is 0.492 e. The maximum absolute atomic E-state index is 5.88. The quantitative estimate of drug-likeness (QED) is 0.835. The van der Waals surface area contributed by atoms with E-state index in [2.05, 4.69) is 31.0 Å². The molecule has 118 valence electrons. The fraction of sp³-hybridized carbons (Fsp3) is 0.667. The highest BCUT2D eigenvalue weighted by Crippen LogP contribution is 2.19. The van der Waals surface area contributed by atoms with Gasteiger partial charge in [-0.15, -0.1) is 0 Å². The van der Waals surface area contributed by atoms with Crippen molar-refractivity contribution in [3.8, 4) is 5.75 Å². The molecule has 1 heterocycles. The highest BCUT2D eigenvalue weighted by atomic mass is 16.5. The molecule has 1 N–H and O–H groups in total. The van der Waals surface area contributed by atoms with Crippen molar-refractivity contribution in [2.75, 3.05) is 26.2 Å². The van der Waals surface area contributed by atoms with E-state index < -0.39 is 0 Å². The molecule has 0 bridgehead atoms. The molecule has 3 nitrogen and oxygen atoms in total. The van der Waals surface area contributed by atoms with Gasteiger partial charge in [0.05, 0.1) is 0 Å². The van der Waals surface area contributed by atoms with E-state index in [0.29, 0.717) is 12.1 Å². The maximum Gasteiger partial charge on any atom is 0.119 e. The van der Waals surface area contributed by atoms with Crippen molar-refractivity contribution in [3.63, 3.8) is 0 Å². The smallest absolute Gasteiger partial charge is 0.119 e. The molecule has 0 amide bonds. The molecule has 0 radical (unpaired) electrons. The van der Waals surface area contributed by atoms with Crippen LogP contribution in [-0.4, -0.2) is 43.2 Å². The van der Waals surface area contributed by atoms with Crippen LogP contribution >= 0.6 is 0 Å². The molecule has 3 unspecified atom stereocenters. The van der Waals surface area contributed by atoms with Gasteiger partial charge in [0.15, 0.2) is 0 Å². The number of nitrogens with one attached hydrogen (secondary N) is 1. The number of benzene rings is 1. The summed E-state index contributed by atoms with van der Waals surface area (Å²) >= 11 is 0. The first kappa shape index (κ1) is 16.3. The van der Waals surface area contributed by atoms with Gasteiger partial charge in [-0.2, -0.15) is 0 Å². The molecule has 0 aliphatic carbocycles. The lowest BCUT2D eigenvalue weighted by molar-refractivity contribution is 0.0757. The van der Waals surface area contributed by atoms with Gasteiger partial charge in [-0.1, -0.05) is 45.4 Å². The van der Waals surface area contributed by atoms with Gasteiger partial charge in [-0.3, -0.25) is 4.90 Å². The number of hydrogen-bond acceptors (Lipinski definition) is 3. The second kappa shape index (κ2) is 8.40. The molecule has 1 aliphatic heterocycles. The van der Waals surface area contributed by atoms with Crippen LogP contribution < -0.4 is 10.1 Å². The first-order chi connectivity index (χ1) is 10.2. The number of ether oxygens (including phenoxy) is 1. The molecule has 1 aromatic rings. The zero-order chi connectivity index (χ0) is 15.1. The molecule has 1 saturated heterocycles. The Morgan fingerprint density at radius 1 is 1.29 bits per heavy atom. The van der Waals surface area contributed by atoms with E-state index in [1.807, 2.05) is 30.3 Å². The Kier molecular flexibility index (Phi) is 6.52.